The van der Waals surface area contributed by atoms with Gasteiger partial charge in [0.2, 0.25) is 0 Å². The van der Waals surface area contributed by atoms with Crippen LogP contribution in [0.1, 0.15) is 17.3 Å². The maximum absolute atomic E-state index is 12.6. The molecule has 3 rings (SSSR count). The van der Waals surface area contributed by atoms with Crippen molar-refractivity contribution in [1.29, 1.82) is 0 Å². The summed E-state index contributed by atoms with van der Waals surface area (Å²) in [7, 11) is 1.69. The van der Waals surface area contributed by atoms with Crippen molar-refractivity contribution in [3.8, 4) is 11.1 Å². The van der Waals surface area contributed by atoms with Crippen LogP contribution in [-0.4, -0.2) is 10.4 Å². The standard InChI is InChI=1S/C18H14BrNO2/c1-11(21)16-17(12-6-4-3-5-7-12)14-10-13(19)8-9-15(14)20(2)18(16)22/h3-10H,1-2H3. The third-order valence-corrected chi connectivity index (χ3v) is 4.27. The highest BCUT2D eigenvalue weighted by molar-refractivity contribution is 9.10. The molecule has 1 heterocycles. The molecule has 0 aliphatic carbocycles. The molecule has 0 spiro atoms. The van der Waals surface area contributed by atoms with Crippen LogP contribution in [0.25, 0.3) is 22.0 Å². The number of hydrogen-bond donors (Lipinski definition) is 0. The van der Waals surface area contributed by atoms with Crippen LogP contribution in [0.4, 0.5) is 0 Å². The van der Waals surface area contributed by atoms with Crippen molar-refractivity contribution in [1.82, 2.24) is 4.57 Å². The van der Waals surface area contributed by atoms with Crippen LogP contribution in [0.2, 0.25) is 0 Å². The SMILES string of the molecule is CC(=O)c1c(-c2ccccc2)c2cc(Br)ccc2n(C)c1=O. The average molecular weight is 356 g/mol. The maximum Gasteiger partial charge on any atom is 0.262 e. The molecule has 2 aromatic carbocycles. The molecule has 3 aromatic rings. The Bertz CT molecular complexity index is 943. The first-order chi connectivity index (χ1) is 10.5. The zero-order valence-electron chi connectivity index (χ0n) is 12.3. The fourth-order valence-corrected chi connectivity index (χ4v) is 3.11. The van der Waals surface area contributed by atoms with E-state index < -0.39 is 0 Å². The zero-order valence-corrected chi connectivity index (χ0v) is 13.8. The van der Waals surface area contributed by atoms with Gasteiger partial charge in [0, 0.05) is 22.5 Å². The third-order valence-electron chi connectivity index (χ3n) is 3.77. The fraction of sp³-hybridized carbons (Fsp3) is 0.111. The van der Waals surface area contributed by atoms with E-state index in [1.54, 1.807) is 7.05 Å². The molecule has 0 N–H and O–H groups in total. The summed E-state index contributed by atoms with van der Waals surface area (Å²) in [5, 5.41) is 0.882. The number of pyridine rings is 1. The first kappa shape index (κ1) is 14.7. The Kier molecular flexibility index (Phi) is 3.71. The monoisotopic (exact) mass is 355 g/mol. The second-order valence-electron chi connectivity index (χ2n) is 5.20. The number of halogens is 1. The van der Waals surface area contributed by atoms with Crippen LogP contribution in [0.3, 0.4) is 0 Å². The number of rotatable bonds is 2. The summed E-state index contributed by atoms with van der Waals surface area (Å²) in [6, 6.07) is 15.3. The molecule has 0 saturated heterocycles. The second-order valence-corrected chi connectivity index (χ2v) is 6.11. The van der Waals surface area contributed by atoms with E-state index in [1.807, 2.05) is 48.5 Å². The Morgan fingerprint density at radius 3 is 2.41 bits per heavy atom. The second kappa shape index (κ2) is 5.54. The van der Waals surface area contributed by atoms with E-state index >= 15 is 0 Å². The molecule has 22 heavy (non-hydrogen) atoms. The lowest BCUT2D eigenvalue weighted by atomic mass is 9.94. The van der Waals surface area contributed by atoms with Crippen molar-refractivity contribution in [2.75, 3.05) is 0 Å². The third kappa shape index (κ3) is 2.29. The number of carbonyl (C=O) groups is 1. The van der Waals surface area contributed by atoms with Gasteiger partial charge in [0.25, 0.3) is 5.56 Å². The molecule has 3 nitrogen and oxygen atoms in total. The molecule has 0 fully saturated rings. The van der Waals surface area contributed by atoms with Gasteiger partial charge in [0.05, 0.1) is 11.1 Å². The molecule has 1 aromatic heterocycles. The Morgan fingerprint density at radius 1 is 1.09 bits per heavy atom. The minimum atomic E-state index is -0.263. The van der Waals surface area contributed by atoms with Crippen molar-refractivity contribution in [3.05, 3.63) is 68.9 Å². The molecule has 0 amide bonds. The largest absolute Gasteiger partial charge is 0.311 e. The van der Waals surface area contributed by atoms with Crippen LogP contribution in [-0.2, 0) is 7.05 Å². The lowest BCUT2D eigenvalue weighted by Gasteiger charge is -2.15. The average Bonchev–Trinajstić information content (AvgIpc) is 2.51. The molecule has 0 aliphatic heterocycles. The van der Waals surface area contributed by atoms with Gasteiger partial charge in [-0.05, 0) is 30.7 Å². The van der Waals surface area contributed by atoms with Gasteiger partial charge in [0.15, 0.2) is 5.78 Å². The smallest absolute Gasteiger partial charge is 0.262 e. The maximum atomic E-state index is 12.6. The number of aryl methyl sites for hydroxylation is 1. The predicted octanol–water partition coefficient (Wildman–Crippen LogP) is 4.17. The molecular weight excluding hydrogens is 342 g/mol. The highest BCUT2D eigenvalue weighted by atomic mass is 79.9. The van der Waals surface area contributed by atoms with Crippen LogP contribution in [0.5, 0.6) is 0 Å². The van der Waals surface area contributed by atoms with Crippen LogP contribution < -0.4 is 5.56 Å². The first-order valence-electron chi connectivity index (χ1n) is 6.89. The number of ketones is 1. The van der Waals surface area contributed by atoms with E-state index in [1.165, 1.54) is 11.5 Å². The van der Waals surface area contributed by atoms with Crippen molar-refractivity contribution in [2.45, 2.75) is 6.92 Å². The van der Waals surface area contributed by atoms with E-state index in [9.17, 15) is 9.59 Å². The Labute approximate surface area is 136 Å². The summed E-state index contributed by atoms with van der Waals surface area (Å²) in [4.78, 5) is 24.7. The summed E-state index contributed by atoms with van der Waals surface area (Å²) in [5.74, 6) is -0.221. The predicted molar refractivity (Wildman–Crippen MR) is 92.3 cm³/mol. The normalized spacial score (nSPS) is 10.9. The number of Topliss-reactive ketones (excluding diaryl/α,β-unsaturated/α-hetero) is 1. The van der Waals surface area contributed by atoms with Crippen LogP contribution in [0.15, 0.2) is 57.8 Å². The molecule has 0 saturated carbocycles. The van der Waals surface area contributed by atoms with Gasteiger partial charge in [-0.25, -0.2) is 0 Å². The molecule has 0 aliphatic rings. The van der Waals surface area contributed by atoms with Crippen molar-refractivity contribution in [3.63, 3.8) is 0 Å². The van der Waals surface area contributed by atoms with Gasteiger partial charge in [-0.2, -0.15) is 0 Å². The van der Waals surface area contributed by atoms with Gasteiger partial charge >= 0.3 is 0 Å². The number of benzene rings is 2. The lowest BCUT2D eigenvalue weighted by molar-refractivity contribution is 0.101. The number of aromatic nitrogens is 1. The quantitative estimate of drug-likeness (QED) is 0.647. The lowest BCUT2D eigenvalue weighted by Crippen LogP contribution is -2.25. The van der Waals surface area contributed by atoms with E-state index in [2.05, 4.69) is 15.9 Å². The summed E-state index contributed by atoms with van der Waals surface area (Å²) in [6.07, 6.45) is 0. The zero-order chi connectivity index (χ0) is 15.9. The summed E-state index contributed by atoms with van der Waals surface area (Å²) in [5.41, 5.74) is 2.35. The Balaban J connectivity index is 2.59. The fourth-order valence-electron chi connectivity index (χ4n) is 2.75. The molecule has 110 valence electrons. The molecular formula is C18H14BrNO2. The van der Waals surface area contributed by atoms with E-state index in [0.717, 1.165) is 20.9 Å². The van der Waals surface area contributed by atoms with Crippen LogP contribution in [0, 0.1) is 0 Å². The van der Waals surface area contributed by atoms with Gasteiger partial charge in [-0.3, -0.25) is 9.59 Å². The number of hydrogen-bond acceptors (Lipinski definition) is 2. The molecule has 0 radical (unpaired) electrons. The molecule has 4 heteroatoms. The van der Waals surface area contributed by atoms with E-state index in [4.69, 9.17) is 0 Å². The van der Waals surface area contributed by atoms with Crippen molar-refractivity contribution in [2.24, 2.45) is 7.05 Å². The van der Waals surface area contributed by atoms with Gasteiger partial charge in [-0.1, -0.05) is 46.3 Å². The van der Waals surface area contributed by atoms with E-state index in [0.29, 0.717) is 5.56 Å². The van der Waals surface area contributed by atoms with Crippen LogP contribution >= 0.6 is 15.9 Å². The number of fused-ring (bicyclic) bond motifs is 1. The summed E-state index contributed by atoms with van der Waals surface area (Å²) >= 11 is 3.47. The summed E-state index contributed by atoms with van der Waals surface area (Å²) in [6.45, 7) is 1.44. The molecule has 0 atom stereocenters. The summed E-state index contributed by atoms with van der Waals surface area (Å²) < 4.78 is 2.44. The molecule has 0 bridgehead atoms. The van der Waals surface area contributed by atoms with Crippen molar-refractivity contribution >= 4 is 32.6 Å². The minimum absolute atomic E-state index is 0.221. The Morgan fingerprint density at radius 2 is 1.77 bits per heavy atom. The van der Waals surface area contributed by atoms with Gasteiger partial charge in [0.1, 0.15) is 0 Å². The highest BCUT2D eigenvalue weighted by Gasteiger charge is 2.19. The van der Waals surface area contributed by atoms with Gasteiger partial charge in [-0.15, -0.1) is 0 Å². The Hall–Kier alpha value is -2.20. The number of carbonyl (C=O) groups excluding carboxylic acids is 1. The highest BCUT2D eigenvalue weighted by Crippen LogP contribution is 2.32. The first-order valence-corrected chi connectivity index (χ1v) is 7.68. The van der Waals surface area contributed by atoms with E-state index in [-0.39, 0.29) is 16.9 Å². The minimum Gasteiger partial charge on any atom is -0.311 e. The topological polar surface area (TPSA) is 39.1 Å². The number of nitrogens with zero attached hydrogens (tertiary/aromatic N) is 1. The molecule has 0 unspecified atom stereocenters. The van der Waals surface area contributed by atoms with Crippen molar-refractivity contribution < 1.29 is 4.79 Å². The van der Waals surface area contributed by atoms with Gasteiger partial charge < -0.3 is 4.57 Å².